The Hall–Kier alpha value is -2.11. The summed E-state index contributed by atoms with van der Waals surface area (Å²) in [5.74, 6) is -0.170. The topological polar surface area (TPSA) is 71.5 Å². The van der Waals surface area contributed by atoms with Gasteiger partial charge in [-0.05, 0) is 32.9 Å². The molecule has 1 heterocycles. The fraction of sp³-hybridized carbons (Fsp3) is 0.533. The van der Waals surface area contributed by atoms with E-state index in [4.69, 9.17) is 4.74 Å². The summed E-state index contributed by atoms with van der Waals surface area (Å²) in [5, 5.41) is 2.45. The molecule has 0 aromatic carbocycles. The highest BCUT2D eigenvalue weighted by Crippen LogP contribution is 2.06. The second-order valence-electron chi connectivity index (χ2n) is 5.74. The van der Waals surface area contributed by atoms with Gasteiger partial charge in [-0.2, -0.15) is 0 Å². The molecule has 0 saturated heterocycles. The quantitative estimate of drug-likeness (QED) is 0.895. The summed E-state index contributed by atoms with van der Waals surface area (Å²) in [6.45, 7) is 5.79. The number of nitrogens with zero attached hydrogens (tertiary/aromatic N) is 2. The molecule has 21 heavy (non-hydrogen) atoms. The van der Waals surface area contributed by atoms with E-state index in [0.29, 0.717) is 13.0 Å². The van der Waals surface area contributed by atoms with E-state index in [1.165, 1.54) is 0 Å². The normalized spacial score (nSPS) is 10.9. The van der Waals surface area contributed by atoms with Crippen LogP contribution in [0.1, 0.15) is 26.5 Å². The number of hydrogen-bond donors (Lipinski definition) is 1. The third kappa shape index (κ3) is 7.29. The third-order valence-electron chi connectivity index (χ3n) is 2.64. The van der Waals surface area contributed by atoms with E-state index in [-0.39, 0.29) is 12.5 Å². The molecule has 0 atom stereocenters. The summed E-state index contributed by atoms with van der Waals surface area (Å²) >= 11 is 0. The van der Waals surface area contributed by atoms with Gasteiger partial charge in [0.1, 0.15) is 12.1 Å². The van der Waals surface area contributed by atoms with Crippen molar-refractivity contribution in [2.45, 2.75) is 32.8 Å². The number of amides is 2. The molecule has 1 aromatic heterocycles. The maximum Gasteiger partial charge on any atom is 0.408 e. The molecule has 0 aliphatic heterocycles. The number of pyridine rings is 1. The van der Waals surface area contributed by atoms with Crippen LogP contribution >= 0.6 is 0 Å². The molecule has 116 valence electrons. The van der Waals surface area contributed by atoms with E-state index in [0.717, 1.165) is 5.69 Å². The number of carbonyl (C=O) groups is 2. The minimum absolute atomic E-state index is 0.0758. The van der Waals surface area contributed by atoms with Crippen LogP contribution in [0.2, 0.25) is 0 Å². The lowest BCUT2D eigenvalue weighted by molar-refractivity contribution is -0.128. The van der Waals surface area contributed by atoms with Gasteiger partial charge in [0.05, 0.1) is 0 Å². The monoisotopic (exact) mass is 293 g/mol. The Bertz CT molecular complexity index is 469. The Kier molecular flexibility index (Phi) is 6.14. The van der Waals surface area contributed by atoms with Crippen LogP contribution in [0.25, 0.3) is 0 Å². The molecule has 0 spiro atoms. The van der Waals surface area contributed by atoms with Crippen molar-refractivity contribution in [3.63, 3.8) is 0 Å². The van der Waals surface area contributed by atoms with Crippen LogP contribution in [-0.4, -0.2) is 47.6 Å². The van der Waals surface area contributed by atoms with Crippen LogP contribution < -0.4 is 5.32 Å². The molecule has 0 saturated carbocycles. The van der Waals surface area contributed by atoms with E-state index >= 15 is 0 Å². The maximum absolute atomic E-state index is 11.9. The minimum Gasteiger partial charge on any atom is -0.444 e. The van der Waals surface area contributed by atoms with Gasteiger partial charge in [0, 0.05) is 31.9 Å². The predicted octanol–water partition coefficient (Wildman–Crippen LogP) is 1.61. The summed E-state index contributed by atoms with van der Waals surface area (Å²) in [5.41, 5.74) is 0.357. The highest BCUT2D eigenvalue weighted by atomic mass is 16.6. The fourth-order valence-corrected chi connectivity index (χ4v) is 1.55. The molecule has 1 rings (SSSR count). The molecule has 0 aliphatic carbocycles. The lowest BCUT2D eigenvalue weighted by atomic mass is 10.2. The van der Waals surface area contributed by atoms with Gasteiger partial charge in [-0.3, -0.25) is 9.78 Å². The third-order valence-corrected chi connectivity index (χ3v) is 2.64. The van der Waals surface area contributed by atoms with Crippen LogP contribution in [0, 0.1) is 0 Å². The van der Waals surface area contributed by atoms with E-state index < -0.39 is 11.7 Å². The van der Waals surface area contributed by atoms with Gasteiger partial charge < -0.3 is 15.0 Å². The number of carbonyl (C=O) groups excluding carboxylic acids is 2. The number of aromatic nitrogens is 1. The first-order valence-corrected chi connectivity index (χ1v) is 6.88. The summed E-state index contributed by atoms with van der Waals surface area (Å²) in [6, 6.07) is 5.68. The first kappa shape index (κ1) is 16.9. The standard InChI is InChI=1S/C15H23N3O3/c1-15(2,3)21-14(20)17-11-13(19)18(4)10-8-12-7-5-6-9-16-12/h5-7,9H,8,10-11H2,1-4H3,(H,17,20). The Morgan fingerprint density at radius 3 is 2.62 bits per heavy atom. The average molecular weight is 293 g/mol. The SMILES string of the molecule is CN(CCc1ccccn1)C(=O)CNC(=O)OC(C)(C)C. The Balaban J connectivity index is 2.30. The summed E-state index contributed by atoms with van der Waals surface area (Å²) < 4.78 is 5.07. The second kappa shape index (κ2) is 7.61. The Morgan fingerprint density at radius 2 is 2.05 bits per heavy atom. The van der Waals surface area contributed by atoms with Gasteiger partial charge in [0.2, 0.25) is 5.91 Å². The van der Waals surface area contributed by atoms with E-state index in [1.807, 2.05) is 18.2 Å². The molecule has 2 amide bonds. The van der Waals surface area contributed by atoms with Gasteiger partial charge >= 0.3 is 6.09 Å². The molecular weight excluding hydrogens is 270 g/mol. The molecule has 0 unspecified atom stereocenters. The molecule has 0 bridgehead atoms. The van der Waals surface area contributed by atoms with Gasteiger partial charge in [-0.1, -0.05) is 6.07 Å². The zero-order chi connectivity index (χ0) is 15.9. The summed E-state index contributed by atoms with van der Waals surface area (Å²) in [7, 11) is 1.70. The number of likely N-dealkylation sites (N-methyl/N-ethyl adjacent to an activating group) is 1. The Morgan fingerprint density at radius 1 is 1.33 bits per heavy atom. The smallest absolute Gasteiger partial charge is 0.408 e. The highest BCUT2D eigenvalue weighted by molar-refractivity contribution is 5.82. The first-order chi connectivity index (χ1) is 9.78. The maximum atomic E-state index is 11.9. The van der Waals surface area contributed by atoms with Crippen LogP contribution in [0.15, 0.2) is 24.4 Å². The average Bonchev–Trinajstić information content (AvgIpc) is 2.41. The number of ether oxygens (including phenoxy) is 1. The van der Waals surface area contributed by atoms with Crippen molar-refractivity contribution in [1.29, 1.82) is 0 Å². The van der Waals surface area contributed by atoms with Gasteiger partial charge in [-0.25, -0.2) is 4.79 Å². The number of alkyl carbamates (subject to hydrolysis) is 1. The van der Waals surface area contributed by atoms with Crippen molar-refractivity contribution in [1.82, 2.24) is 15.2 Å². The van der Waals surface area contributed by atoms with E-state index in [9.17, 15) is 9.59 Å². The highest BCUT2D eigenvalue weighted by Gasteiger charge is 2.17. The first-order valence-electron chi connectivity index (χ1n) is 6.88. The van der Waals surface area contributed by atoms with Crippen molar-refractivity contribution >= 4 is 12.0 Å². The van der Waals surface area contributed by atoms with Crippen molar-refractivity contribution < 1.29 is 14.3 Å². The van der Waals surface area contributed by atoms with Gasteiger partial charge in [0.25, 0.3) is 0 Å². The molecule has 0 aliphatic rings. The zero-order valence-electron chi connectivity index (χ0n) is 13.0. The minimum atomic E-state index is -0.589. The van der Waals surface area contributed by atoms with Crippen LogP contribution in [-0.2, 0) is 16.0 Å². The molecule has 0 fully saturated rings. The van der Waals surface area contributed by atoms with Gasteiger partial charge in [-0.15, -0.1) is 0 Å². The van der Waals surface area contributed by atoms with Crippen LogP contribution in [0.3, 0.4) is 0 Å². The van der Waals surface area contributed by atoms with E-state index in [2.05, 4.69) is 10.3 Å². The number of rotatable bonds is 5. The summed E-state index contributed by atoms with van der Waals surface area (Å²) in [6.07, 6.45) is 1.81. The van der Waals surface area contributed by atoms with Crippen molar-refractivity contribution in [2.75, 3.05) is 20.1 Å². The molecule has 6 heteroatoms. The van der Waals surface area contributed by atoms with Crippen LogP contribution in [0.5, 0.6) is 0 Å². The van der Waals surface area contributed by atoms with Crippen molar-refractivity contribution in [3.8, 4) is 0 Å². The largest absolute Gasteiger partial charge is 0.444 e. The predicted molar refractivity (Wildman–Crippen MR) is 79.8 cm³/mol. The molecule has 1 aromatic rings. The molecule has 6 nitrogen and oxygen atoms in total. The molecule has 0 radical (unpaired) electrons. The van der Waals surface area contributed by atoms with Gasteiger partial charge in [0.15, 0.2) is 0 Å². The van der Waals surface area contributed by atoms with E-state index in [1.54, 1.807) is 38.9 Å². The van der Waals surface area contributed by atoms with Crippen molar-refractivity contribution in [2.24, 2.45) is 0 Å². The Labute approximate surface area is 125 Å². The lowest BCUT2D eigenvalue weighted by Crippen LogP contribution is -2.41. The number of nitrogens with one attached hydrogen (secondary N) is 1. The zero-order valence-corrected chi connectivity index (χ0v) is 13.0. The molecular formula is C15H23N3O3. The fourth-order valence-electron chi connectivity index (χ4n) is 1.55. The lowest BCUT2D eigenvalue weighted by Gasteiger charge is -2.21. The van der Waals surface area contributed by atoms with Crippen LogP contribution in [0.4, 0.5) is 4.79 Å². The molecule has 1 N–H and O–H groups in total. The second-order valence-corrected chi connectivity index (χ2v) is 5.74. The summed E-state index contributed by atoms with van der Waals surface area (Å²) in [4.78, 5) is 29.1. The number of hydrogen-bond acceptors (Lipinski definition) is 4. The van der Waals surface area contributed by atoms with Crippen molar-refractivity contribution in [3.05, 3.63) is 30.1 Å².